The summed E-state index contributed by atoms with van der Waals surface area (Å²) in [5, 5.41) is 0. The average Bonchev–Trinajstić information content (AvgIpc) is 2.63. The van der Waals surface area contributed by atoms with Gasteiger partial charge in [-0.3, -0.25) is 0 Å². The van der Waals surface area contributed by atoms with Crippen molar-refractivity contribution in [2.24, 2.45) is 0 Å². The van der Waals surface area contributed by atoms with Crippen molar-refractivity contribution in [1.29, 1.82) is 0 Å². The summed E-state index contributed by atoms with van der Waals surface area (Å²) in [6.07, 6.45) is 1.82. The van der Waals surface area contributed by atoms with Gasteiger partial charge in [0.1, 0.15) is 5.82 Å². The van der Waals surface area contributed by atoms with E-state index in [2.05, 4.69) is 58.2 Å². The second-order valence-corrected chi connectivity index (χ2v) is 5.90. The molecule has 4 heteroatoms. The Morgan fingerprint density at radius 2 is 1.25 bits per heavy atom. The van der Waals surface area contributed by atoms with Crippen LogP contribution in [0.4, 0.5) is 11.8 Å². The zero-order chi connectivity index (χ0) is 16.8. The maximum absolute atomic E-state index is 4.71. The maximum Gasteiger partial charge on any atom is 0.227 e. The second-order valence-electron chi connectivity index (χ2n) is 5.90. The number of aromatic nitrogens is 2. The monoisotopic (exact) mass is 318 g/mol. The standard InChI is InChI=1S/C20H22N4/c1-23(15-17-9-5-3-6-10-17)19-13-14-21-20(22-19)24(2)16-18-11-7-4-8-12-18/h3-14H,15-16H2,1-2H3. The summed E-state index contributed by atoms with van der Waals surface area (Å²) in [7, 11) is 4.07. The molecule has 0 saturated carbocycles. The molecule has 1 heterocycles. The zero-order valence-electron chi connectivity index (χ0n) is 14.1. The minimum absolute atomic E-state index is 0.733. The van der Waals surface area contributed by atoms with E-state index >= 15 is 0 Å². The van der Waals surface area contributed by atoms with E-state index in [-0.39, 0.29) is 0 Å². The minimum atomic E-state index is 0.733. The van der Waals surface area contributed by atoms with E-state index in [1.165, 1.54) is 11.1 Å². The van der Waals surface area contributed by atoms with Crippen molar-refractivity contribution in [3.8, 4) is 0 Å². The molecule has 4 nitrogen and oxygen atoms in total. The fraction of sp³-hybridized carbons (Fsp3) is 0.200. The Morgan fingerprint density at radius 1 is 0.708 bits per heavy atom. The molecular formula is C20H22N4. The molecule has 1 aromatic heterocycles. The SMILES string of the molecule is CN(Cc1ccccc1)c1ccnc(N(C)Cc2ccccc2)n1. The number of benzene rings is 2. The van der Waals surface area contributed by atoms with Crippen LogP contribution in [0.2, 0.25) is 0 Å². The highest BCUT2D eigenvalue weighted by molar-refractivity contribution is 5.43. The highest BCUT2D eigenvalue weighted by Crippen LogP contribution is 2.16. The van der Waals surface area contributed by atoms with Crippen molar-refractivity contribution in [2.75, 3.05) is 23.9 Å². The summed E-state index contributed by atoms with van der Waals surface area (Å²) in [6.45, 7) is 1.60. The molecule has 24 heavy (non-hydrogen) atoms. The lowest BCUT2D eigenvalue weighted by Crippen LogP contribution is -2.22. The third-order valence-corrected chi connectivity index (χ3v) is 3.89. The van der Waals surface area contributed by atoms with Crippen molar-refractivity contribution >= 4 is 11.8 Å². The van der Waals surface area contributed by atoms with E-state index in [1.54, 1.807) is 0 Å². The second kappa shape index (κ2) is 7.59. The number of anilines is 2. The van der Waals surface area contributed by atoms with Crippen molar-refractivity contribution in [1.82, 2.24) is 9.97 Å². The number of rotatable bonds is 6. The normalized spacial score (nSPS) is 10.4. The first-order valence-electron chi connectivity index (χ1n) is 8.05. The van der Waals surface area contributed by atoms with E-state index in [9.17, 15) is 0 Å². The number of hydrogen-bond donors (Lipinski definition) is 0. The van der Waals surface area contributed by atoms with Gasteiger partial charge in [0, 0.05) is 33.4 Å². The van der Waals surface area contributed by atoms with E-state index in [4.69, 9.17) is 4.98 Å². The lowest BCUT2D eigenvalue weighted by atomic mass is 10.2. The van der Waals surface area contributed by atoms with Crippen LogP contribution in [0.25, 0.3) is 0 Å². The molecular weight excluding hydrogens is 296 g/mol. The van der Waals surface area contributed by atoms with Gasteiger partial charge in [-0.15, -0.1) is 0 Å². The van der Waals surface area contributed by atoms with Gasteiger partial charge in [0.15, 0.2) is 0 Å². The molecule has 3 rings (SSSR count). The Hall–Kier alpha value is -2.88. The first-order valence-corrected chi connectivity index (χ1v) is 8.05. The Balaban J connectivity index is 1.71. The lowest BCUT2D eigenvalue weighted by Gasteiger charge is -2.21. The fourth-order valence-corrected chi connectivity index (χ4v) is 2.60. The summed E-state index contributed by atoms with van der Waals surface area (Å²) in [5.41, 5.74) is 2.50. The van der Waals surface area contributed by atoms with Gasteiger partial charge in [0.25, 0.3) is 0 Å². The summed E-state index contributed by atoms with van der Waals surface area (Å²) < 4.78 is 0. The van der Waals surface area contributed by atoms with Crippen LogP contribution in [-0.2, 0) is 13.1 Å². The van der Waals surface area contributed by atoms with Gasteiger partial charge in [-0.05, 0) is 17.2 Å². The van der Waals surface area contributed by atoms with Crippen LogP contribution >= 0.6 is 0 Å². The molecule has 0 N–H and O–H groups in total. The van der Waals surface area contributed by atoms with E-state index < -0.39 is 0 Å². The van der Waals surface area contributed by atoms with Gasteiger partial charge >= 0.3 is 0 Å². The van der Waals surface area contributed by atoms with Gasteiger partial charge < -0.3 is 9.80 Å². The average molecular weight is 318 g/mol. The molecule has 0 bridgehead atoms. The Bertz CT molecular complexity index is 696. The summed E-state index contributed by atoms with van der Waals surface area (Å²) in [4.78, 5) is 13.3. The summed E-state index contributed by atoms with van der Waals surface area (Å²) in [6, 6.07) is 22.7. The lowest BCUT2D eigenvalue weighted by molar-refractivity contribution is 0.842. The van der Waals surface area contributed by atoms with Crippen LogP contribution < -0.4 is 9.80 Å². The van der Waals surface area contributed by atoms with Crippen molar-refractivity contribution in [2.45, 2.75) is 13.1 Å². The maximum atomic E-state index is 4.71. The Kier molecular flexibility index (Phi) is 5.06. The quantitative estimate of drug-likeness (QED) is 0.693. The van der Waals surface area contributed by atoms with Crippen molar-refractivity contribution in [3.63, 3.8) is 0 Å². The first kappa shape index (κ1) is 16.0. The number of nitrogens with zero attached hydrogens (tertiary/aromatic N) is 4. The molecule has 0 aliphatic rings. The van der Waals surface area contributed by atoms with Crippen LogP contribution in [0.15, 0.2) is 72.9 Å². The summed E-state index contributed by atoms with van der Waals surface area (Å²) in [5.74, 6) is 1.65. The predicted molar refractivity (Wildman–Crippen MR) is 99.1 cm³/mol. The highest BCUT2D eigenvalue weighted by Gasteiger charge is 2.09. The van der Waals surface area contributed by atoms with Crippen LogP contribution in [0, 0.1) is 0 Å². The van der Waals surface area contributed by atoms with Gasteiger partial charge in [0.05, 0.1) is 0 Å². The molecule has 0 fully saturated rings. The predicted octanol–water partition coefficient (Wildman–Crippen LogP) is 3.75. The smallest absolute Gasteiger partial charge is 0.227 e. The molecule has 0 aliphatic heterocycles. The van der Waals surface area contributed by atoms with Gasteiger partial charge in [-0.25, -0.2) is 4.98 Å². The molecule has 0 atom stereocenters. The largest absolute Gasteiger partial charge is 0.355 e. The van der Waals surface area contributed by atoms with Gasteiger partial charge in [0.2, 0.25) is 5.95 Å². The van der Waals surface area contributed by atoms with Gasteiger partial charge in [-0.1, -0.05) is 60.7 Å². The van der Waals surface area contributed by atoms with Crippen LogP contribution in [0.1, 0.15) is 11.1 Å². The van der Waals surface area contributed by atoms with Crippen LogP contribution in [0.3, 0.4) is 0 Å². The molecule has 0 spiro atoms. The van der Waals surface area contributed by atoms with E-state index in [0.29, 0.717) is 0 Å². The van der Waals surface area contributed by atoms with E-state index in [1.807, 2.05) is 43.6 Å². The van der Waals surface area contributed by atoms with Gasteiger partial charge in [-0.2, -0.15) is 4.98 Å². The molecule has 122 valence electrons. The van der Waals surface area contributed by atoms with Crippen LogP contribution in [-0.4, -0.2) is 24.1 Å². The minimum Gasteiger partial charge on any atom is -0.355 e. The zero-order valence-corrected chi connectivity index (χ0v) is 14.1. The first-order chi connectivity index (χ1) is 11.7. The van der Waals surface area contributed by atoms with E-state index in [0.717, 1.165) is 24.9 Å². The molecule has 3 aromatic rings. The topological polar surface area (TPSA) is 32.3 Å². The van der Waals surface area contributed by atoms with Crippen molar-refractivity contribution < 1.29 is 0 Å². The van der Waals surface area contributed by atoms with Crippen LogP contribution in [0.5, 0.6) is 0 Å². The number of hydrogen-bond acceptors (Lipinski definition) is 4. The highest BCUT2D eigenvalue weighted by atomic mass is 15.3. The Labute approximate surface area is 143 Å². The molecule has 0 amide bonds. The third kappa shape index (κ3) is 4.10. The van der Waals surface area contributed by atoms with Crippen molar-refractivity contribution in [3.05, 3.63) is 84.1 Å². The third-order valence-electron chi connectivity index (χ3n) is 3.89. The fourth-order valence-electron chi connectivity index (χ4n) is 2.60. The molecule has 2 aromatic carbocycles. The molecule has 0 unspecified atom stereocenters. The molecule has 0 saturated heterocycles. The molecule has 0 aliphatic carbocycles. The molecule has 0 radical (unpaired) electrons. The Morgan fingerprint density at radius 3 is 1.83 bits per heavy atom. The summed E-state index contributed by atoms with van der Waals surface area (Å²) >= 11 is 0.